The second kappa shape index (κ2) is 14.6. The van der Waals surface area contributed by atoms with Crippen LogP contribution in [0.4, 0.5) is 10.5 Å². The van der Waals surface area contributed by atoms with E-state index in [4.69, 9.17) is 8.92 Å². The first-order valence-corrected chi connectivity index (χ1v) is 12.0. The molecule has 2 rings (SSSR count). The number of anilines is 1. The van der Waals surface area contributed by atoms with Crippen LogP contribution >= 0.6 is 0 Å². The number of hydrogen-bond acceptors (Lipinski definition) is 8. The fourth-order valence-corrected chi connectivity index (χ4v) is 3.63. The Morgan fingerprint density at radius 2 is 1.80 bits per heavy atom. The van der Waals surface area contributed by atoms with Crippen LogP contribution in [0.25, 0.3) is 0 Å². The zero-order valence-electron chi connectivity index (χ0n) is 20.7. The van der Waals surface area contributed by atoms with E-state index in [0.717, 1.165) is 11.6 Å². The van der Waals surface area contributed by atoms with E-state index in [9.17, 15) is 27.9 Å². The van der Waals surface area contributed by atoms with Crippen LogP contribution in [0, 0.1) is 0 Å². The van der Waals surface area contributed by atoms with Gasteiger partial charge < -0.3 is 31.4 Å². The van der Waals surface area contributed by atoms with Crippen molar-refractivity contribution in [1.82, 2.24) is 10.6 Å². The molecule has 1 atom stereocenters. The topological polar surface area (TPSA) is 160 Å². The van der Waals surface area contributed by atoms with Crippen LogP contribution in [0.15, 0.2) is 48.5 Å². The molecule has 0 aliphatic rings. The zero-order chi connectivity index (χ0) is 25.1. The molecule has 0 aliphatic carbocycles. The summed E-state index contributed by atoms with van der Waals surface area (Å²) in [4.78, 5) is 36.3. The van der Waals surface area contributed by atoms with Crippen LogP contribution < -0.4 is 49.7 Å². The molecular formula is C22H28N3NaO8S. The third-order valence-corrected chi connectivity index (χ3v) is 5.61. The molecule has 11 nitrogen and oxygen atoms in total. The molecule has 0 heterocycles. The van der Waals surface area contributed by atoms with E-state index in [1.807, 2.05) is 6.07 Å². The van der Waals surface area contributed by atoms with Crippen molar-refractivity contribution in [3.05, 3.63) is 54.1 Å². The van der Waals surface area contributed by atoms with Crippen molar-refractivity contribution in [1.29, 1.82) is 0 Å². The van der Waals surface area contributed by atoms with Gasteiger partial charge in [-0.05, 0) is 31.0 Å². The molecule has 2 aromatic carbocycles. The minimum absolute atomic E-state index is 0. The van der Waals surface area contributed by atoms with E-state index in [1.165, 1.54) is 19.1 Å². The number of rotatable bonds is 11. The molecular weight excluding hydrogens is 489 g/mol. The Hall–Kier alpha value is -2.80. The summed E-state index contributed by atoms with van der Waals surface area (Å²) in [6, 6.07) is 11.5. The first-order valence-electron chi connectivity index (χ1n) is 10.4. The van der Waals surface area contributed by atoms with Gasteiger partial charge in [0.25, 0.3) is 0 Å². The van der Waals surface area contributed by atoms with Crippen molar-refractivity contribution in [2.24, 2.45) is 0 Å². The molecule has 2 aromatic rings. The van der Waals surface area contributed by atoms with E-state index in [-0.39, 0.29) is 60.5 Å². The van der Waals surface area contributed by atoms with Gasteiger partial charge in [-0.25, -0.2) is 4.79 Å². The number of phenolic OH excluding ortho intramolecular Hbond substituents is 1. The van der Waals surface area contributed by atoms with Crippen LogP contribution in [0.2, 0.25) is 0 Å². The van der Waals surface area contributed by atoms with Crippen LogP contribution in [0.3, 0.4) is 0 Å². The van der Waals surface area contributed by atoms with Crippen molar-refractivity contribution in [2.45, 2.75) is 32.9 Å². The van der Waals surface area contributed by atoms with Crippen molar-refractivity contribution in [3.8, 4) is 11.5 Å². The van der Waals surface area contributed by atoms with Gasteiger partial charge in [-0.3, -0.25) is 9.59 Å². The Balaban J connectivity index is 0.00000612. The quantitative estimate of drug-likeness (QED) is 0.168. The Kier molecular flexibility index (Phi) is 12.6. The number of carbonyl (C=O) groups excluding carboxylic acids is 3. The summed E-state index contributed by atoms with van der Waals surface area (Å²) in [6.07, 6.45) is -0.477. The molecule has 0 radical (unpaired) electrons. The van der Waals surface area contributed by atoms with Gasteiger partial charge in [0.05, 0.1) is 11.4 Å². The summed E-state index contributed by atoms with van der Waals surface area (Å²) in [6.45, 7) is 2.68. The minimum atomic E-state index is -3.92. The molecule has 0 spiro atoms. The molecule has 0 unspecified atom stereocenters. The molecule has 186 valence electrons. The smallest absolute Gasteiger partial charge is 1.00 e. The van der Waals surface area contributed by atoms with Crippen molar-refractivity contribution in [3.63, 3.8) is 0 Å². The fourth-order valence-electron chi connectivity index (χ4n) is 2.64. The summed E-state index contributed by atoms with van der Waals surface area (Å²) in [5.41, 5.74) is 0.777. The number of nitrogens with one attached hydrogen (secondary N) is 3. The number of alkyl carbamates (subject to hydrolysis) is 1. The average molecular weight is 518 g/mol. The number of hydrogen-bond donors (Lipinski definition) is 4. The Morgan fingerprint density at radius 3 is 2.46 bits per heavy atom. The third kappa shape index (κ3) is 11.0. The van der Waals surface area contributed by atoms with Crippen molar-refractivity contribution >= 4 is 33.7 Å². The molecule has 35 heavy (non-hydrogen) atoms. The minimum Gasteiger partial charge on any atom is -1.00 e. The monoisotopic (exact) mass is 517 g/mol. The van der Waals surface area contributed by atoms with Gasteiger partial charge in [0.2, 0.25) is 11.8 Å². The normalized spacial score (nSPS) is 11.4. The predicted molar refractivity (Wildman–Crippen MR) is 125 cm³/mol. The van der Waals surface area contributed by atoms with E-state index in [0.29, 0.717) is 6.42 Å². The molecule has 0 bridgehead atoms. The van der Waals surface area contributed by atoms with Crippen LogP contribution in [0.1, 0.15) is 27.3 Å². The molecule has 0 fully saturated rings. The van der Waals surface area contributed by atoms with Gasteiger partial charge in [-0.15, -0.1) is 0 Å². The third-order valence-electron chi connectivity index (χ3n) is 4.27. The molecule has 0 saturated heterocycles. The second-order valence-corrected chi connectivity index (χ2v) is 8.91. The molecule has 3 amide bonds. The maximum absolute atomic E-state index is 12.5. The maximum Gasteiger partial charge on any atom is 1.00 e. The van der Waals surface area contributed by atoms with E-state index in [2.05, 4.69) is 16.0 Å². The van der Waals surface area contributed by atoms with E-state index < -0.39 is 40.6 Å². The SMILES string of the molecule is CCCS(=O)(=O)Oc1cc(O)ccc1NC(=O)[C@H](C)NC(=O)CNC(=O)OCc1ccccc1.[H-].[Na+]. The first-order chi connectivity index (χ1) is 16.1. The van der Waals surface area contributed by atoms with Crippen LogP contribution in [0.5, 0.6) is 11.5 Å². The number of phenols is 1. The molecule has 13 heteroatoms. The number of carbonyl (C=O) groups is 3. The van der Waals surface area contributed by atoms with Gasteiger partial charge in [0, 0.05) is 6.07 Å². The summed E-state index contributed by atoms with van der Waals surface area (Å²) in [5, 5.41) is 16.8. The number of aromatic hydroxyl groups is 1. The molecule has 0 aliphatic heterocycles. The standard InChI is InChI=1S/C22H27N3O8S.Na.H/c1-3-11-34(30,31)33-19-12-17(26)9-10-18(19)25-21(28)15(2)24-20(27)13-23-22(29)32-14-16-7-5-4-6-8-16;;/h4-10,12,15,26H,3,11,13-14H2,1-2H3,(H,23,29)(H,24,27)(H,25,28);;/q;+1;-1/t15-;;/m0../s1. The van der Waals surface area contributed by atoms with Gasteiger partial charge >= 0.3 is 45.8 Å². The summed E-state index contributed by atoms with van der Waals surface area (Å²) < 4.78 is 33.9. The molecule has 0 aromatic heterocycles. The summed E-state index contributed by atoms with van der Waals surface area (Å²) in [5.74, 6) is -2.09. The Morgan fingerprint density at radius 1 is 1.11 bits per heavy atom. The van der Waals surface area contributed by atoms with Crippen molar-refractivity contribution in [2.75, 3.05) is 17.6 Å². The summed E-state index contributed by atoms with van der Waals surface area (Å²) in [7, 11) is -3.92. The largest absolute Gasteiger partial charge is 1.00 e. The number of benzene rings is 2. The second-order valence-electron chi connectivity index (χ2n) is 7.22. The molecule has 4 N–H and O–H groups in total. The van der Waals surface area contributed by atoms with Gasteiger partial charge in [0.15, 0.2) is 5.75 Å². The van der Waals surface area contributed by atoms with Crippen molar-refractivity contribution < 1.29 is 67.8 Å². The van der Waals surface area contributed by atoms with Gasteiger partial charge in [-0.1, -0.05) is 37.3 Å². The fraction of sp³-hybridized carbons (Fsp3) is 0.318. The average Bonchev–Trinajstić information content (AvgIpc) is 2.78. The number of amides is 3. The summed E-state index contributed by atoms with van der Waals surface area (Å²) >= 11 is 0. The molecule has 0 saturated carbocycles. The van der Waals surface area contributed by atoms with E-state index in [1.54, 1.807) is 31.2 Å². The Labute approximate surface area is 227 Å². The van der Waals surface area contributed by atoms with Crippen LogP contribution in [-0.4, -0.2) is 49.8 Å². The first kappa shape index (κ1) is 30.2. The predicted octanol–water partition coefficient (Wildman–Crippen LogP) is -1.00. The van der Waals surface area contributed by atoms with Crippen LogP contribution in [-0.2, 0) is 31.1 Å². The number of ether oxygens (including phenoxy) is 1. The maximum atomic E-state index is 12.5. The van der Waals surface area contributed by atoms with Gasteiger partial charge in [0.1, 0.15) is 24.9 Å². The van der Waals surface area contributed by atoms with Gasteiger partial charge in [-0.2, -0.15) is 8.42 Å². The zero-order valence-corrected chi connectivity index (χ0v) is 22.6. The van der Waals surface area contributed by atoms with E-state index >= 15 is 0 Å². The Bertz CT molecular complexity index is 1120.